The molecule has 3 aromatic rings. The number of aromatic nitrogens is 4. The third kappa shape index (κ3) is 4.57. The summed E-state index contributed by atoms with van der Waals surface area (Å²) >= 11 is 0. The topological polar surface area (TPSA) is 62.1 Å². The molecule has 196 valence electrons. The quantitative estimate of drug-likeness (QED) is 0.477. The van der Waals surface area contributed by atoms with Crippen molar-refractivity contribution >= 4 is 23.3 Å². The molecule has 0 spiro atoms. The molecule has 2 aliphatic heterocycles. The minimum atomic E-state index is -4.48. The number of hydrogen-bond acceptors (Lipinski definition) is 6. The second-order valence-corrected chi connectivity index (χ2v) is 9.99. The van der Waals surface area contributed by atoms with Crippen LogP contribution in [0.3, 0.4) is 0 Å². The maximum absolute atomic E-state index is 13.9. The highest BCUT2D eigenvalue weighted by Gasteiger charge is 2.43. The van der Waals surface area contributed by atoms with Crippen LogP contribution in [0.25, 0.3) is 0 Å². The zero-order chi connectivity index (χ0) is 25.7. The third-order valence-corrected chi connectivity index (χ3v) is 7.64. The van der Waals surface area contributed by atoms with Gasteiger partial charge in [-0.05, 0) is 61.8 Å². The molecule has 2 fully saturated rings. The number of benzene rings is 1. The molecule has 1 aliphatic carbocycles. The summed E-state index contributed by atoms with van der Waals surface area (Å²) in [6.07, 6.45) is 0.402. The van der Waals surface area contributed by atoms with Crippen molar-refractivity contribution in [3.05, 3.63) is 53.9 Å². The number of halogens is 5. The molecule has 3 atom stereocenters. The lowest BCUT2D eigenvalue weighted by Crippen LogP contribution is -2.48. The summed E-state index contributed by atoms with van der Waals surface area (Å²) in [5, 5.41) is 8.17. The molecule has 1 N–H and O–H groups in total. The molecule has 1 saturated heterocycles. The van der Waals surface area contributed by atoms with Crippen molar-refractivity contribution in [2.24, 2.45) is 11.8 Å². The SMILES string of the molecule is Fc1ccc(N2CCCCn3nc(NC4[C@@H]5CC[C@H]4CN(c4ccnc(C(F)(F)F)c4)C5)nc32)cc1F. The number of pyridine rings is 1. The second-order valence-electron chi connectivity index (χ2n) is 9.99. The van der Waals surface area contributed by atoms with Gasteiger partial charge in [0.05, 0.1) is 0 Å². The Kier molecular flexibility index (Phi) is 5.91. The number of nitrogens with one attached hydrogen (secondary N) is 1. The van der Waals surface area contributed by atoms with E-state index >= 15 is 0 Å². The Morgan fingerprint density at radius 3 is 2.38 bits per heavy atom. The monoisotopic (exact) mass is 519 g/mol. The fraction of sp³-hybridized carbons (Fsp3) is 0.480. The van der Waals surface area contributed by atoms with Crippen molar-refractivity contribution in [1.29, 1.82) is 0 Å². The highest BCUT2D eigenvalue weighted by molar-refractivity contribution is 5.59. The van der Waals surface area contributed by atoms with Crippen LogP contribution >= 0.6 is 0 Å². The van der Waals surface area contributed by atoms with Gasteiger partial charge < -0.3 is 15.1 Å². The maximum Gasteiger partial charge on any atom is 0.433 e. The van der Waals surface area contributed by atoms with Crippen LogP contribution in [0.15, 0.2) is 36.5 Å². The largest absolute Gasteiger partial charge is 0.433 e. The summed E-state index contributed by atoms with van der Waals surface area (Å²) < 4.78 is 68.7. The van der Waals surface area contributed by atoms with E-state index in [0.717, 1.165) is 37.8 Å². The second kappa shape index (κ2) is 9.14. The molecule has 4 heterocycles. The number of aryl methyl sites for hydroxylation is 1. The molecule has 37 heavy (non-hydrogen) atoms. The standard InChI is InChI=1S/C25H26F5N7/c26-19-6-5-18(11-20(19)27)36-9-1-2-10-37-24(36)33-23(34-37)32-22-15-3-4-16(22)14-35(13-15)17-7-8-31-21(12-17)25(28,29)30/h5-8,11-12,15-16,22H,1-4,9-10,13-14H2,(H,32,34)/t15-,16+,22?. The lowest BCUT2D eigenvalue weighted by atomic mass is 9.92. The van der Waals surface area contributed by atoms with Crippen molar-refractivity contribution in [2.75, 3.05) is 34.8 Å². The summed E-state index contributed by atoms with van der Waals surface area (Å²) in [5.74, 6) is -0.300. The van der Waals surface area contributed by atoms with Gasteiger partial charge >= 0.3 is 6.18 Å². The van der Waals surface area contributed by atoms with E-state index in [9.17, 15) is 22.0 Å². The molecule has 2 bridgehead atoms. The lowest BCUT2D eigenvalue weighted by Gasteiger charge is -2.39. The van der Waals surface area contributed by atoms with Crippen molar-refractivity contribution in [1.82, 2.24) is 19.7 Å². The van der Waals surface area contributed by atoms with E-state index in [-0.39, 0.29) is 17.9 Å². The number of alkyl halides is 3. The van der Waals surface area contributed by atoms with Gasteiger partial charge in [0.25, 0.3) is 0 Å². The molecule has 1 saturated carbocycles. The van der Waals surface area contributed by atoms with Gasteiger partial charge in [0, 0.05) is 55.9 Å². The van der Waals surface area contributed by atoms with Crippen LogP contribution in [0.5, 0.6) is 0 Å². The van der Waals surface area contributed by atoms with E-state index in [4.69, 9.17) is 4.98 Å². The minimum absolute atomic E-state index is 0.100. The summed E-state index contributed by atoms with van der Waals surface area (Å²) in [5.41, 5.74) is 0.170. The first-order valence-electron chi connectivity index (χ1n) is 12.5. The van der Waals surface area contributed by atoms with E-state index in [0.29, 0.717) is 49.5 Å². The number of piperidine rings is 1. The van der Waals surface area contributed by atoms with Gasteiger partial charge in [-0.2, -0.15) is 18.2 Å². The van der Waals surface area contributed by atoms with Crippen LogP contribution in [0.1, 0.15) is 31.4 Å². The zero-order valence-electron chi connectivity index (χ0n) is 19.9. The maximum atomic E-state index is 13.9. The molecule has 1 unspecified atom stereocenters. The fourth-order valence-corrected chi connectivity index (χ4v) is 5.86. The van der Waals surface area contributed by atoms with E-state index in [1.807, 2.05) is 9.80 Å². The Bertz CT molecular complexity index is 1280. The number of anilines is 4. The van der Waals surface area contributed by atoms with Gasteiger partial charge in [-0.25, -0.2) is 13.5 Å². The summed E-state index contributed by atoms with van der Waals surface area (Å²) in [4.78, 5) is 12.1. The Labute approximate surface area is 210 Å². The molecule has 6 rings (SSSR count). The Morgan fingerprint density at radius 2 is 1.65 bits per heavy atom. The van der Waals surface area contributed by atoms with Gasteiger partial charge in [-0.15, -0.1) is 5.10 Å². The predicted octanol–water partition coefficient (Wildman–Crippen LogP) is 5.23. The molecule has 12 heteroatoms. The van der Waals surface area contributed by atoms with E-state index in [1.165, 1.54) is 18.3 Å². The number of rotatable bonds is 4. The normalized spacial score (nSPS) is 23.6. The smallest absolute Gasteiger partial charge is 0.371 e. The fourth-order valence-electron chi connectivity index (χ4n) is 5.86. The van der Waals surface area contributed by atoms with Crippen molar-refractivity contribution < 1.29 is 22.0 Å². The van der Waals surface area contributed by atoms with Crippen molar-refractivity contribution in [3.8, 4) is 0 Å². The van der Waals surface area contributed by atoms with Gasteiger partial charge in [0.2, 0.25) is 11.9 Å². The lowest BCUT2D eigenvalue weighted by molar-refractivity contribution is -0.141. The molecular weight excluding hydrogens is 493 g/mol. The van der Waals surface area contributed by atoms with Crippen LogP contribution in [-0.2, 0) is 12.7 Å². The average molecular weight is 520 g/mol. The van der Waals surface area contributed by atoms with Crippen LogP contribution in [-0.4, -0.2) is 45.4 Å². The van der Waals surface area contributed by atoms with Gasteiger partial charge in [0.15, 0.2) is 11.6 Å². The number of fused-ring (bicyclic) bond motifs is 3. The summed E-state index contributed by atoms with van der Waals surface area (Å²) in [6.45, 7) is 2.53. The highest BCUT2D eigenvalue weighted by atomic mass is 19.4. The van der Waals surface area contributed by atoms with E-state index < -0.39 is 23.5 Å². The predicted molar refractivity (Wildman–Crippen MR) is 128 cm³/mol. The molecule has 3 aliphatic rings. The summed E-state index contributed by atoms with van der Waals surface area (Å²) in [6, 6.07) is 6.67. The molecule has 0 amide bonds. The van der Waals surface area contributed by atoms with Crippen molar-refractivity contribution in [2.45, 2.75) is 44.4 Å². The zero-order valence-corrected chi connectivity index (χ0v) is 19.9. The van der Waals surface area contributed by atoms with Gasteiger partial charge in [0.1, 0.15) is 5.69 Å². The minimum Gasteiger partial charge on any atom is -0.371 e. The number of hydrogen-bond donors (Lipinski definition) is 1. The molecular formula is C25H26F5N7. The highest BCUT2D eigenvalue weighted by Crippen LogP contribution is 2.41. The Morgan fingerprint density at radius 1 is 0.892 bits per heavy atom. The third-order valence-electron chi connectivity index (χ3n) is 7.64. The van der Waals surface area contributed by atoms with Crippen LogP contribution in [0, 0.1) is 23.5 Å². The van der Waals surface area contributed by atoms with Crippen LogP contribution < -0.4 is 15.1 Å². The van der Waals surface area contributed by atoms with Crippen molar-refractivity contribution in [3.63, 3.8) is 0 Å². The number of nitrogens with zero attached hydrogens (tertiary/aromatic N) is 6. The molecule has 0 radical (unpaired) electrons. The summed E-state index contributed by atoms with van der Waals surface area (Å²) in [7, 11) is 0. The Balaban J connectivity index is 1.20. The van der Waals surface area contributed by atoms with E-state index in [2.05, 4.69) is 15.4 Å². The van der Waals surface area contributed by atoms with Gasteiger partial charge in [-0.3, -0.25) is 4.98 Å². The van der Waals surface area contributed by atoms with Crippen LogP contribution in [0.2, 0.25) is 0 Å². The molecule has 1 aromatic carbocycles. The Hall–Kier alpha value is -3.44. The molecule has 2 aromatic heterocycles. The molecule has 7 nitrogen and oxygen atoms in total. The first-order chi connectivity index (χ1) is 17.8. The van der Waals surface area contributed by atoms with Crippen LogP contribution in [0.4, 0.5) is 45.2 Å². The van der Waals surface area contributed by atoms with E-state index in [1.54, 1.807) is 10.7 Å². The first kappa shape index (κ1) is 23.9. The van der Waals surface area contributed by atoms with Gasteiger partial charge in [-0.1, -0.05) is 0 Å². The average Bonchev–Trinajstić information content (AvgIpc) is 3.27. The first-order valence-corrected chi connectivity index (χ1v) is 12.5.